The van der Waals surface area contributed by atoms with Crippen LogP contribution in [0.1, 0.15) is 76.2 Å². The van der Waals surface area contributed by atoms with Crippen molar-refractivity contribution in [2.45, 2.75) is 46.1 Å². The maximum Gasteiger partial charge on any atom is 0.350 e. The molecule has 41 heavy (non-hydrogen) atoms. The highest BCUT2D eigenvalue weighted by molar-refractivity contribution is 7.17. The van der Waals surface area contributed by atoms with Crippen molar-refractivity contribution >= 4 is 50.9 Å². The van der Waals surface area contributed by atoms with E-state index >= 15 is 0 Å². The molecule has 1 aliphatic heterocycles. The van der Waals surface area contributed by atoms with Crippen LogP contribution in [-0.2, 0) is 4.74 Å². The number of methoxy groups -OCH3 is 1. The molecular formula is C30H29ClN2O7S. The molecule has 0 saturated heterocycles. The van der Waals surface area contributed by atoms with Crippen molar-refractivity contribution in [3.8, 4) is 11.5 Å². The average molecular weight is 597 g/mol. The Labute approximate surface area is 245 Å². The molecular weight excluding hydrogens is 568 g/mol. The van der Waals surface area contributed by atoms with E-state index in [0.29, 0.717) is 34.4 Å². The number of amides is 1. The predicted molar refractivity (Wildman–Crippen MR) is 157 cm³/mol. The fourth-order valence-corrected chi connectivity index (χ4v) is 6.00. The summed E-state index contributed by atoms with van der Waals surface area (Å²) in [7, 11) is 1.53. The molecule has 1 aliphatic rings. The zero-order chi connectivity index (χ0) is 29.3. The molecule has 5 rings (SSSR count). The van der Waals surface area contributed by atoms with Crippen molar-refractivity contribution in [1.82, 2.24) is 4.98 Å². The van der Waals surface area contributed by atoms with Gasteiger partial charge in [-0.3, -0.25) is 14.5 Å². The molecule has 1 unspecified atom stereocenters. The minimum absolute atomic E-state index is 0.0979. The molecule has 2 aromatic carbocycles. The number of aromatic nitrogens is 1. The quantitative estimate of drug-likeness (QED) is 0.147. The molecule has 0 N–H and O–H groups in total. The van der Waals surface area contributed by atoms with Gasteiger partial charge in [-0.1, -0.05) is 48.8 Å². The van der Waals surface area contributed by atoms with Crippen LogP contribution in [0, 0.1) is 6.92 Å². The van der Waals surface area contributed by atoms with Gasteiger partial charge in [0.25, 0.3) is 5.91 Å². The number of carbonyl (C=O) groups excluding carboxylic acids is 2. The summed E-state index contributed by atoms with van der Waals surface area (Å²) in [6.45, 7) is 6.23. The highest BCUT2D eigenvalue weighted by Crippen LogP contribution is 2.45. The number of unbranched alkanes of at least 4 members (excludes halogenated alkanes) is 2. The third-order valence-electron chi connectivity index (χ3n) is 6.79. The van der Waals surface area contributed by atoms with Gasteiger partial charge < -0.3 is 18.6 Å². The largest absolute Gasteiger partial charge is 0.493 e. The molecule has 0 aliphatic carbocycles. The lowest BCUT2D eigenvalue weighted by molar-refractivity contribution is 0.0531. The second kappa shape index (κ2) is 11.9. The number of rotatable bonds is 10. The van der Waals surface area contributed by atoms with Crippen molar-refractivity contribution in [3.63, 3.8) is 0 Å². The summed E-state index contributed by atoms with van der Waals surface area (Å²) >= 11 is 7.22. The van der Waals surface area contributed by atoms with Crippen LogP contribution < -0.4 is 19.8 Å². The third kappa shape index (κ3) is 5.29. The van der Waals surface area contributed by atoms with Gasteiger partial charge in [0.2, 0.25) is 5.76 Å². The lowest BCUT2D eigenvalue weighted by Gasteiger charge is -2.23. The fourth-order valence-electron chi connectivity index (χ4n) is 4.84. The Bertz CT molecular complexity index is 1700. The number of esters is 1. The molecule has 0 spiro atoms. The molecule has 2 aromatic heterocycles. The topological polar surface area (TPSA) is 108 Å². The van der Waals surface area contributed by atoms with E-state index in [9.17, 15) is 14.4 Å². The van der Waals surface area contributed by atoms with Crippen molar-refractivity contribution in [2.24, 2.45) is 0 Å². The van der Waals surface area contributed by atoms with Crippen LogP contribution in [0.15, 0.2) is 45.6 Å². The lowest BCUT2D eigenvalue weighted by atomic mass is 9.98. The molecule has 0 saturated carbocycles. The zero-order valence-corrected chi connectivity index (χ0v) is 24.7. The van der Waals surface area contributed by atoms with Crippen molar-refractivity contribution in [3.05, 3.63) is 79.1 Å². The summed E-state index contributed by atoms with van der Waals surface area (Å²) in [5, 5.41) is 0.844. The highest BCUT2D eigenvalue weighted by Gasteiger charge is 2.45. The molecule has 1 amide bonds. The van der Waals surface area contributed by atoms with Crippen molar-refractivity contribution in [1.29, 1.82) is 0 Å². The number of carbonyl (C=O) groups is 2. The molecule has 0 radical (unpaired) electrons. The maximum atomic E-state index is 13.9. The minimum atomic E-state index is -0.916. The van der Waals surface area contributed by atoms with Crippen LogP contribution in [0.2, 0.25) is 5.02 Å². The Kier molecular flexibility index (Phi) is 8.32. The van der Waals surface area contributed by atoms with E-state index in [1.807, 2.05) is 0 Å². The van der Waals surface area contributed by atoms with Crippen molar-refractivity contribution in [2.75, 3.05) is 25.2 Å². The normalized spacial score (nSPS) is 14.4. The second-order valence-electron chi connectivity index (χ2n) is 9.49. The van der Waals surface area contributed by atoms with Gasteiger partial charge in [0, 0.05) is 5.02 Å². The Morgan fingerprint density at radius 1 is 1.12 bits per heavy atom. The first-order valence-electron chi connectivity index (χ1n) is 13.3. The van der Waals surface area contributed by atoms with E-state index in [1.165, 1.54) is 18.1 Å². The van der Waals surface area contributed by atoms with Crippen LogP contribution in [0.5, 0.6) is 11.5 Å². The zero-order valence-electron chi connectivity index (χ0n) is 23.1. The average Bonchev–Trinajstić information content (AvgIpc) is 3.48. The summed E-state index contributed by atoms with van der Waals surface area (Å²) in [5.74, 6) is -0.178. The Hall–Kier alpha value is -3.89. The molecule has 3 heterocycles. The Balaban J connectivity index is 1.67. The molecule has 1 atom stereocenters. The highest BCUT2D eigenvalue weighted by atomic mass is 35.5. The van der Waals surface area contributed by atoms with Gasteiger partial charge in [-0.25, -0.2) is 9.78 Å². The van der Waals surface area contributed by atoms with Gasteiger partial charge in [0.15, 0.2) is 22.1 Å². The van der Waals surface area contributed by atoms with Gasteiger partial charge in [0.1, 0.15) is 10.5 Å². The van der Waals surface area contributed by atoms with Crippen LogP contribution >= 0.6 is 22.9 Å². The molecule has 0 fully saturated rings. The molecule has 214 valence electrons. The first-order chi connectivity index (χ1) is 19.8. The predicted octanol–water partition coefficient (Wildman–Crippen LogP) is 6.72. The number of benzene rings is 2. The number of anilines is 1. The van der Waals surface area contributed by atoms with Gasteiger partial charge in [0.05, 0.1) is 43.0 Å². The lowest BCUT2D eigenvalue weighted by Crippen LogP contribution is -2.29. The number of thiazole rings is 1. The van der Waals surface area contributed by atoms with E-state index in [0.717, 1.165) is 30.6 Å². The standard InChI is InChI=1S/C30H29ClN2O7S/c1-5-7-8-13-39-21-11-9-17(14-22(21)37-4)24-23-25(34)19-15-18(31)10-12-20(19)40-26(23)28(35)33(24)30-32-16(3)27(41-30)29(36)38-6-2/h9-12,14-15,24H,5-8,13H2,1-4H3. The van der Waals surface area contributed by atoms with E-state index in [4.69, 9.17) is 30.2 Å². The first-order valence-corrected chi connectivity index (χ1v) is 14.5. The van der Waals surface area contributed by atoms with E-state index in [2.05, 4.69) is 11.9 Å². The smallest absolute Gasteiger partial charge is 0.350 e. The van der Waals surface area contributed by atoms with Crippen LogP contribution in [0.25, 0.3) is 11.0 Å². The summed E-state index contributed by atoms with van der Waals surface area (Å²) < 4.78 is 22.8. The van der Waals surface area contributed by atoms with E-state index in [-0.39, 0.29) is 44.3 Å². The fraction of sp³-hybridized carbons (Fsp3) is 0.333. The van der Waals surface area contributed by atoms with Gasteiger partial charge >= 0.3 is 5.97 Å². The minimum Gasteiger partial charge on any atom is -0.493 e. The van der Waals surface area contributed by atoms with E-state index in [1.54, 1.807) is 44.2 Å². The van der Waals surface area contributed by atoms with Crippen LogP contribution in [0.3, 0.4) is 0 Å². The maximum absolute atomic E-state index is 13.9. The monoisotopic (exact) mass is 596 g/mol. The number of nitrogens with zero attached hydrogens (tertiary/aromatic N) is 2. The summed E-state index contributed by atoms with van der Waals surface area (Å²) in [4.78, 5) is 46.6. The van der Waals surface area contributed by atoms with Crippen molar-refractivity contribution < 1.29 is 28.2 Å². The number of ether oxygens (including phenoxy) is 3. The second-order valence-corrected chi connectivity index (χ2v) is 10.9. The number of fused-ring (bicyclic) bond motifs is 2. The molecule has 0 bridgehead atoms. The molecule has 9 nitrogen and oxygen atoms in total. The Morgan fingerprint density at radius 2 is 1.93 bits per heavy atom. The summed E-state index contributed by atoms with van der Waals surface area (Å²) in [6, 6.07) is 9.04. The number of aryl methyl sites for hydroxylation is 1. The SMILES string of the molecule is CCCCCOc1ccc(C2c3c(oc4ccc(Cl)cc4c3=O)C(=O)N2c2nc(C)c(C(=O)OCC)s2)cc1OC. The number of hydrogen-bond acceptors (Lipinski definition) is 9. The Morgan fingerprint density at radius 3 is 2.66 bits per heavy atom. The first kappa shape index (κ1) is 28.6. The van der Waals surface area contributed by atoms with Crippen LogP contribution in [-0.4, -0.2) is 37.2 Å². The summed E-state index contributed by atoms with van der Waals surface area (Å²) in [6.07, 6.45) is 3.02. The molecule has 4 aromatic rings. The number of halogens is 1. The van der Waals surface area contributed by atoms with Gasteiger partial charge in [-0.15, -0.1) is 0 Å². The van der Waals surface area contributed by atoms with Gasteiger partial charge in [-0.05, 0) is 56.2 Å². The third-order valence-corrected chi connectivity index (χ3v) is 8.17. The summed E-state index contributed by atoms with van der Waals surface area (Å²) in [5.41, 5.74) is 0.990. The van der Waals surface area contributed by atoms with Crippen LogP contribution in [0.4, 0.5) is 5.13 Å². The number of hydrogen-bond donors (Lipinski definition) is 0. The van der Waals surface area contributed by atoms with Gasteiger partial charge in [-0.2, -0.15) is 0 Å². The molecule has 11 heteroatoms. The van der Waals surface area contributed by atoms with E-state index < -0.39 is 17.9 Å².